The van der Waals surface area contributed by atoms with E-state index in [0.29, 0.717) is 6.04 Å². The quantitative estimate of drug-likeness (QED) is 0.792. The lowest BCUT2D eigenvalue weighted by molar-refractivity contribution is 0.358. The molecular weight excluding hydrogens is 198 g/mol. The Morgan fingerprint density at radius 1 is 1.25 bits per heavy atom. The van der Waals surface area contributed by atoms with Gasteiger partial charge < -0.3 is 16.0 Å². The van der Waals surface area contributed by atoms with Crippen molar-refractivity contribution in [2.75, 3.05) is 25.5 Å². The van der Waals surface area contributed by atoms with E-state index in [1.165, 1.54) is 17.7 Å². The number of anilines is 1. The SMILES string of the molecule is CN(C)c1ccc(C2NCCCC2N)cc1. The lowest BCUT2D eigenvalue weighted by Gasteiger charge is -2.30. The molecule has 1 heterocycles. The average molecular weight is 219 g/mol. The van der Waals surface area contributed by atoms with Crippen LogP contribution in [0.25, 0.3) is 0 Å². The first-order chi connectivity index (χ1) is 7.68. The molecule has 1 saturated heterocycles. The van der Waals surface area contributed by atoms with Crippen molar-refractivity contribution < 1.29 is 0 Å². The second-order valence-corrected chi connectivity index (χ2v) is 4.72. The minimum absolute atomic E-state index is 0.249. The van der Waals surface area contributed by atoms with Crippen molar-refractivity contribution in [3.8, 4) is 0 Å². The zero-order valence-corrected chi connectivity index (χ0v) is 10.1. The van der Waals surface area contributed by atoms with Crippen molar-refractivity contribution in [2.24, 2.45) is 5.73 Å². The molecule has 1 aromatic carbocycles. The zero-order chi connectivity index (χ0) is 11.5. The molecule has 3 heteroatoms. The summed E-state index contributed by atoms with van der Waals surface area (Å²) in [6.45, 7) is 1.08. The first kappa shape index (κ1) is 11.4. The predicted octanol–water partition coefficient (Wildman–Crippen LogP) is 1.50. The standard InChI is InChI=1S/C13H21N3/c1-16(2)11-7-5-10(6-8-11)13-12(14)4-3-9-15-13/h5-8,12-13,15H,3-4,9,14H2,1-2H3. The van der Waals surface area contributed by atoms with E-state index < -0.39 is 0 Å². The van der Waals surface area contributed by atoms with Gasteiger partial charge in [0.15, 0.2) is 0 Å². The molecule has 3 N–H and O–H groups in total. The second-order valence-electron chi connectivity index (χ2n) is 4.72. The normalized spacial score (nSPS) is 25.4. The van der Waals surface area contributed by atoms with Gasteiger partial charge in [-0.1, -0.05) is 12.1 Å². The van der Waals surface area contributed by atoms with Crippen LogP contribution < -0.4 is 16.0 Å². The van der Waals surface area contributed by atoms with Crippen molar-refractivity contribution in [1.82, 2.24) is 5.32 Å². The molecule has 0 saturated carbocycles. The summed E-state index contributed by atoms with van der Waals surface area (Å²) in [5.41, 5.74) is 8.67. The second kappa shape index (κ2) is 4.85. The van der Waals surface area contributed by atoms with Gasteiger partial charge in [-0.25, -0.2) is 0 Å². The Kier molecular flexibility index (Phi) is 3.46. The Morgan fingerprint density at radius 3 is 2.50 bits per heavy atom. The summed E-state index contributed by atoms with van der Waals surface area (Å²) in [4.78, 5) is 2.11. The Labute approximate surface area is 97.6 Å². The highest BCUT2D eigenvalue weighted by atomic mass is 15.1. The fraction of sp³-hybridized carbons (Fsp3) is 0.538. The molecule has 2 rings (SSSR count). The van der Waals surface area contributed by atoms with Crippen LogP contribution in [0.15, 0.2) is 24.3 Å². The van der Waals surface area contributed by atoms with Gasteiger partial charge in [0.1, 0.15) is 0 Å². The van der Waals surface area contributed by atoms with E-state index in [4.69, 9.17) is 5.73 Å². The first-order valence-electron chi connectivity index (χ1n) is 5.95. The van der Waals surface area contributed by atoms with E-state index >= 15 is 0 Å². The largest absolute Gasteiger partial charge is 0.378 e. The van der Waals surface area contributed by atoms with Crippen molar-refractivity contribution in [3.05, 3.63) is 29.8 Å². The van der Waals surface area contributed by atoms with Crippen molar-refractivity contribution >= 4 is 5.69 Å². The molecule has 0 radical (unpaired) electrons. The summed E-state index contributed by atoms with van der Waals surface area (Å²) < 4.78 is 0. The van der Waals surface area contributed by atoms with Crippen LogP contribution in [0.1, 0.15) is 24.4 Å². The number of rotatable bonds is 2. The molecule has 1 aliphatic rings. The molecule has 3 nitrogen and oxygen atoms in total. The highest BCUT2D eigenvalue weighted by Gasteiger charge is 2.22. The van der Waals surface area contributed by atoms with Crippen molar-refractivity contribution in [3.63, 3.8) is 0 Å². The molecular formula is C13H21N3. The molecule has 1 fully saturated rings. The van der Waals surface area contributed by atoms with Crippen LogP contribution in [0.2, 0.25) is 0 Å². The van der Waals surface area contributed by atoms with E-state index in [1.54, 1.807) is 0 Å². The maximum Gasteiger partial charge on any atom is 0.0473 e. The number of benzene rings is 1. The number of nitrogens with two attached hydrogens (primary N) is 1. The minimum Gasteiger partial charge on any atom is -0.378 e. The van der Waals surface area contributed by atoms with Gasteiger partial charge in [0.05, 0.1) is 0 Å². The van der Waals surface area contributed by atoms with Gasteiger partial charge >= 0.3 is 0 Å². The third-order valence-electron chi connectivity index (χ3n) is 3.28. The zero-order valence-electron chi connectivity index (χ0n) is 10.1. The summed E-state index contributed by atoms with van der Waals surface area (Å²) in [5, 5.41) is 3.50. The maximum absolute atomic E-state index is 6.14. The van der Waals surface area contributed by atoms with Gasteiger partial charge in [-0.05, 0) is 37.1 Å². The Balaban J connectivity index is 2.14. The number of nitrogens with one attached hydrogen (secondary N) is 1. The molecule has 2 atom stereocenters. The van der Waals surface area contributed by atoms with Gasteiger partial charge in [-0.15, -0.1) is 0 Å². The molecule has 1 aromatic rings. The van der Waals surface area contributed by atoms with Crippen LogP contribution in [-0.2, 0) is 0 Å². The molecule has 0 bridgehead atoms. The molecule has 0 spiro atoms. The number of piperidine rings is 1. The fourth-order valence-electron chi connectivity index (χ4n) is 2.26. The minimum atomic E-state index is 0.249. The molecule has 88 valence electrons. The predicted molar refractivity (Wildman–Crippen MR) is 68.7 cm³/mol. The average Bonchev–Trinajstić information content (AvgIpc) is 2.30. The van der Waals surface area contributed by atoms with Crippen LogP contribution in [0.5, 0.6) is 0 Å². The molecule has 0 amide bonds. The molecule has 0 aliphatic carbocycles. The van der Waals surface area contributed by atoms with Crippen LogP contribution >= 0.6 is 0 Å². The Morgan fingerprint density at radius 2 is 1.94 bits per heavy atom. The lowest BCUT2D eigenvalue weighted by atomic mass is 9.93. The van der Waals surface area contributed by atoms with Gasteiger partial charge in [0.25, 0.3) is 0 Å². The molecule has 2 unspecified atom stereocenters. The van der Waals surface area contributed by atoms with Gasteiger partial charge in [0.2, 0.25) is 0 Å². The van der Waals surface area contributed by atoms with Gasteiger partial charge in [-0.3, -0.25) is 0 Å². The fourth-order valence-corrected chi connectivity index (χ4v) is 2.26. The monoisotopic (exact) mass is 219 g/mol. The lowest BCUT2D eigenvalue weighted by Crippen LogP contribution is -2.42. The van der Waals surface area contributed by atoms with Crippen LogP contribution in [0, 0.1) is 0 Å². The summed E-state index contributed by atoms with van der Waals surface area (Å²) in [6.07, 6.45) is 2.31. The van der Waals surface area contributed by atoms with Crippen LogP contribution in [-0.4, -0.2) is 26.7 Å². The van der Waals surface area contributed by atoms with Crippen LogP contribution in [0.4, 0.5) is 5.69 Å². The number of nitrogens with zero attached hydrogens (tertiary/aromatic N) is 1. The van der Waals surface area contributed by atoms with Gasteiger partial charge in [0, 0.05) is 31.9 Å². The van der Waals surface area contributed by atoms with Crippen molar-refractivity contribution in [2.45, 2.75) is 24.9 Å². The number of hydrogen-bond donors (Lipinski definition) is 2. The van der Waals surface area contributed by atoms with Gasteiger partial charge in [-0.2, -0.15) is 0 Å². The smallest absolute Gasteiger partial charge is 0.0473 e. The highest BCUT2D eigenvalue weighted by Crippen LogP contribution is 2.23. The van der Waals surface area contributed by atoms with Crippen LogP contribution in [0.3, 0.4) is 0 Å². The molecule has 1 aliphatic heterocycles. The van der Waals surface area contributed by atoms with E-state index in [-0.39, 0.29) is 6.04 Å². The molecule has 16 heavy (non-hydrogen) atoms. The van der Waals surface area contributed by atoms with E-state index in [1.807, 2.05) is 0 Å². The van der Waals surface area contributed by atoms with E-state index in [0.717, 1.165) is 13.0 Å². The highest BCUT2D eigenvalue weighted by molar-refractivity contribution is 5.46. The topological polar surface area (TPSA) is 41.3 Å². The first-order valence-corrected chi connectivity index (χ1v) is 5.95. The molecule has 0 aromatic heterocycles. The summed E-state index contributed by atoms with van der Waals surface area (Å²) in [5.74, 6) is 0. The Hall–Kier alpha value is -1.06. The third kappa shape index (κ3) is 2.36. The Bertz CT molecular complexity index is 332. The summed E-state index contributed by atoms with van der Waals surface area (Å²) in [6, 6.07) is 9.23. The number of hydrogen-bond acceptors (Lipinski definition) is 3. The maximum atomic E-state index is 6.14. The van der Waals surface area contributed by atoms with E-state index in [9.17, 15) is 0 Å². The summed E-state index contributed by atoms with van der Waals surface area (Å²) >= 11 is 0. The van der Waals surface area contributed by atoms with E-state index in [2.05, 4.69) is 48.6 Å². The summed E-state index contributed by atoms with van der Waals surface area (Å²) in [7, 11) is 4.11. The third-order valence-corrected chi connectivity index (χ3v) is 3.28. The van der Waals surface area contributed by atoms with Crippen molar-refractivity contribution in [1.29, 1.82) is 0 Å².